The van der Waals surface area contributed by atoms with Gasteiger partial charge in [0.2, 0.25) is 0 Å². The van der Waals surface area contributed by atoms with Crippen molar-refractivity contribution in [1.29, 1.82) is 0 Å². The van der Waals surface area contributed by atoms with Crippen LogP contribution in [0.1, 0.15) is 5.56 Å². The number of rotatable bonds is 6. The van der Waals surface area contributed by atoms with Crippen molar-refractivity contribution in [2.24, 2.45) is 0 Å². The second kappa shape index (κ2) is 6.53. The van der Waals surface area contributed by atoms with Gasteiger partial charge in [0.15, 0.2) is 11.9 Å². The first-order valence-corrected chi connectivity index (χ1v) is 5.55. The molecule has 0 aliphatic carbocycles. The predicted octanol–water partition coefficient (Wildman–Crippen LogP) is 1.62. The minimum absolute atomic E-state index is 0.321. The lowest BCUT2D eigenvalue weighted by Gasteiger charge is -2.15. The number of hydrogen-bond donors (Lipinski definition) is 2. The first-order chi connectivity index (χ1) is 9.25. The number of aliphatic hydroxyl groups is 1. The molecule has 1 unspecified atom stereocenters. The zero-order valence-electron chi connectivity index (χ0n) is 10.5. The molecule has 2 N–H and O–H groups in total. The molecule has 0 amide bonds. The molecule has 0 aliphatic rings. The van der Waals surface area contributed by atoms with E-state index < -0.39 is 29.5 Å². The topological polar surface area (TPSA) is 84.6 Å². The van der Waals surface area contributed by atoms with Gasteiger partial charge >= 0.3 is 11.9 Å². The molecule has 1 aromatic rings. The second-order valence-electron chi connectivity index (χ2n) is 3.96. The molecule has 6 nitrogen and oxygen atoms in total. The van der Waals surface area contributed by atoms with E-state index in [1.165, 1.54) is 18.2 Å². The first-order valence-electron chi connectivity index (χ1n) is 5.55. The van der Waals surface area contributed by atoms with Gasteiger partial charge in [-0.1, -0.05) is 6.07 Å². The number of nitrogens with zero attached hydrogens (tertiary/aromatic N) is 1. The highest BCUT2D eigenvalue weighted by Gasteiger charge is 2.39. The van der Waals surface area contributed by atoms with E-state index in [2.05, 4.69) is 10.1 Å². The summed E-state index contributed by atoms with van der Waals surface area (Å²) < 4.78 is 41.0. The molecule has 9 heteroatoms. The second-order valence-corrected chi connectivity index (χ2v) is 3.96. The predicted molar refractivity (Wildman–Crippen MR) is 63.4 cm³/mol. The lowest BCUT2D eigenvalue weighted by molar-refractivity contribution is -0.386. The van der Waals surface area contributed by atoms with Crippen molar-refractivity contribution in [3.05, 3.63) is 33.9 Å². The quantitative estimate of drug-likeness (QED) is 0.615. The van der Waals surface area contributed by atoms with E-state index in [9.17, 15) is 23.3 Å². The van der Waals surface area contributed by atoms with Gasteiger partial charge in [-0.25, -0.2) is 0 Å². The van der Waals surface area contributed by atoms with Crippen molar-refractivity contribution < 1.29 is 27.9 Å². The maximum atomic E-state index is 12.1. The average Bonchev–Trinajstić information content (AvgIpc) is 2.35. The van der Waals surface area contributed by atoms with Crippen LogP contribution in [0.5, 0.6) is 5.75 Å². The molecule has 0 heterocycles. The van der Waals surface area contributed by atoms with E-state index in [4.69, 9.17) is 5.11 Å². The fourth-order valence-electron chi connectivity index (χ4n) is 1.40. The van der Waals surface area contributed by atoms with Gasteiger partial charge in [0, 0.05) is 12.6 Å². The zero-order chi connectivity index (χ0) is 15.3. The van der Waals surface area contributed by atoms with Crippen LogP contribution in [-0.2, 0) is 6.54 Å². The number of halogens is 3. The van der Waals surface area contributed by atoms with Crippen molar-refractivity contribution in [3.8, 4) is 5.75 Å². The summed E-state index contributed by atoms with van der Waals surface area (Å²) in [5.41, 5.74) is 0.134. The third kappa shape index (κ3) is 4.35. The third-order valence-corrected chi connectivity index (χ3v) is 2.38. The molecule has 0 aromatic heterocycles. The SMILES string of the molecule is CNCc1ccc(OCC(O)C(F)(F)F)c([N+](=O)[O-])c1. The minimum Gasteiger partial charge on any atom is -0.484 e. The largest absolute Gasteiger partial charge is 0.484 e. The van der Waals surface area contributed by atoms with Crippen LogP contribution in [0.25, 0.3) is 0 Å². The molecule has 0 saturated heterocycles. The maximum absolute atomic E-state index is 12.1. The van der Waals surface area contributed by atoms with Crippen molar-refractivity contribution in [2.75, 3.05) is 13.7 Å². The minimum atomic E-state index is -4.83. The summed E-state index contributed by atoms with van der Waals surface area (Å²) in [4.78, 5) is 10.1. The molecule has 0 bridgehead atoms. The summed E-state index contributed by atoms with van der Waals surface area (Å²) in [7, 11) is 1.65. The number of nitro groups is 1. The highest BCUT2D eigenvalue weighted by molar-refractivity contribution is 5.48. The number of aliphatic hydroxyl groups excluding tert-OH is 1. The van der Waals surface area contributed by atoms with Crippen LogP contribution in [0.2, 0.25) is 0 Å². The van der Waals surface area contributed by atoms with Gasteiger partial charge in [-0.3, -0.25) is 10.1 Å². The zero-order valence-corrected chi connectivity index (χ0v) is 10.5. The van der Waals surface area contributed by atoms with Crippen molar-refractivity contribution in [1.82, 2.24) is 5.32 Å². The van der Waals surface area contributed by atoms with Crippen LogP contribution >= 0.6 is 0 Å². The number of ether oxygens (including phenoxy) is 1. The summed E-state index contributed by atoms with van der Waals surface area (Å²) in [5, 5.41) is 22.4. The molecular formula is C11H13F3N2O4. The lowest BCUT2D eigenvalue weighted by Crippen LogP contribution is -2.34. The Morgan fingerprint density at radius 3 is 2.65 bits per heavy atom. The van der Waals surface area contributed by atoms with Gasteiger partial charge in [-0.15, -0.1) is 0 Å². The van der Waals surface area contributed by atoms with Gasteiger partial charge in [-0.05, 0) is 18.7 Å². The van der Waals surface area contributed by atoms with Gasteiger partial charge in [-0.2, -0.15) is 13.2 Å². The Bertz CT molecular complexity index is 479. The summed E-state index contributed by atoms with van der Waals surface area (Å²) in [6.45, 7) is -0.734. The van der Waals surface area contributed by atoms with Crippen LogP contribution in [0.3, 0.4) is 0 Å². The van der Waals surface area contributed by atoms with Crippen molar-refractivity contribution >= 4 is 5.69 Å². The summed E-state index contributed by atoms with van der Waals surface area (Å²) >= 11 is 0. The molecule has 0 fully saturated rings. The average molecular weight is 294 g/mol. The molecule has 1 atom stereocenters. The Kier molecular flexibility index (Phi) is 5.28. The van der Waals surface area contributed by atoms with E-state index >= 15 is 0 Å². The molecule has 0 spiro atoms. The Morgan fingerprint density at radius 2 is 2.15 bits per heavy atom. The standard InChI is InChI=1S/C11H13F3N2O4/c1-15-5-7-2-3-9(8(4-7)16(18)19)20-6-10(17)11(12,13)14/h2-4,10,15,17H,5-6H2,1H3. The Hall–Kier alpha value is -1.87. The highest BCUT2D eigenvalue weighted by Crippen LogP contribution is 2.29. The van der Waals surface area contributed by atoms with Gasteiger partial charge in [0.1, 0.15) is 6.61 Å². The molecule has 0 saturated carbocycles. The number of benzene rings is 1. The normalized spacial score (nSPS) is 13.1. The molecular weight excluding hydrogens is 281 g/mol. The van der Waals surface area contributed by atoms with E-state index in [0.717, 1.165) is 0 Å². The summed E-state index contributed by atoms with van der Waals surface area (Å²) in [5.74, 6) is -0.321. The van der Waals surface area contributed by atoms with E-state index in [0.29, 0.717) is 12.1 Å². The lowest BCUT2D eigenvalue weighted by atomic mass is 10.2. The van der Waals surface area contributed by atoms with E-state index in [1.54, 1.807) is 7.05 Å². The number of hydrogen-bond acceptors (Lipinski definition) is 5. The monoisotopic (exact) mass is 294 g/mol. The molecule has 0 radical (unpaired) electrons. The molecule has 20 heavy (non-hydrogen) atoms. The summed E-state index contributed by atoms with van der Waals surface area (Å²) in [6, 6.07) is 3.89. The smallest absolute Gasteiger partial charge is 0.417 e. The van der Waals surface area contributed by atoms with Gasteiger partial charge in [0.05, 0.1) is 4.92 Å². The first kappa shape index (κ1) is 16.2. The molecule has 1 aromatic carbocycles. The van der Waals surface area contributed by atoms with E-state index in [1.807, 2.05) is 0 Å². The Balaban J connectivity index is 2.87. The fourth-order valence-corrected chi connectivity index (χ4v) is 1.40. The van der Waals surface area contributed by atoms with Crippen LogP contribution in [0.4, 0.5) is 18.9 Å². The third-order valence-electron chi connectivity index (χ3n) is 2.38. The van der Waals surface area contributed by atoms with Crippen LogP contribution in [-0.4, -0.2) is 36.0 Å². The van der Waals surface area contributed by atoms with Gasteiger partial charge < -0.3 is 15.2 Å². The number of nitro benzene ring substituents is 1. The maximum Gasteiger partial charge on any atom is 0.417 e. The van der Waals surface area contributed by atoms with Crippen molar-refractivity contribution in [3.63, 3.8) is 0 Å². The molecule has 1 rings (SSSR count). The van der Waals surface area contributed by atoms with Crippen LogP contribution < -0.4 is 10.1 Å². The highest BCUT2D eigenvalue weighted by atomic mass is 19.4. The van der Waals surface area contributed by atoms with Crippen molar-refractivity contribution in [2.45, 2.75) is 18.8 Å². The fraction of sp³-hybridized carbons (Fsp3) is 0.455. The molecule has 112 valence electrons. The van der Waals surface area contributed by atoms with Gasteiger partial charge in [0.25, 0.3) is 0 Å². The molecule has 0 aliphatic heterocycles. The summed E-state index contributed by atoms with van der Waals surface area (Å²) in [6.07, 6.45) is -7.53. The van der Waals surface area contributed by atoms with Crippen LogP contribution in [0.15, 0.2) is 18.2 Å². The number of alkyl halides is 3. The van der Waals surface area contributed by atoms with Crippen LogP contribution in [0, 0.1) is 10.1 Å². The number of nitrogens with one attached hydrogen (secondary N) is 1. The van der Waals surface area contributed by atoms with E-state index in [-0.39, 0.29) is 5.75 Å². The Morgan fingerprint density at radius 1 is 1.50 bits per heavy atom. The Labute approximate surface area is 112 Å².